The summed E-state index contributed by atoms with van der Waals surface area (Å²) in [5.74, 6) is -0.674. The summed E-state index contributed by atoms with van der Waals surface area (Å²) in [4.78, 5) is 22.7. The molecule has 0 bridgehead atoms. The predicted octanol–water partition coefficient (Wildman–Crippen LogP) is 5.43. The van der Waals surface area contributed by atoms with Crippen LogP contribution in [0.15, 0.2) is 6.08 Å². The third-order valence-electron chi connectivity index (χ3n) is 4.22. The molecule has 0 saturated heterocycles. The van der Waals surface area contributed by atoms with E-state index in [1.807, 2.05) is 26.8 Å². The van der Waals surface area contributed by atoms with Gasteiger partial charge in [0.05, 0.1) is 28.2 Å². The highest BCUT2D eigenvalue weighted by atomic mass is 35.5. The normalized spacial score (nSPS) is 11.7. The molecule has 1 aromatic rings. The van der Waals surface area contributed by atoms with Gasteiger partial charge in [-0.2, -0.15) is 0 Å². The van der Waals surface area contributed by atoms with Gasteiger partial charge < -0.3 is 14.9 Å². The van der Waals surface area contributed by atoms with Crippen LogP contribution in [0.1, 0.15) is 74.4 Å². The minimum absolute atomic E-state index is 0.0688. The Kier molecular flexibility index (Phi) is 8.83. The fourth-order valence-corrected chi connectivity index (χ4v) is 2.65. The lowest BCUT2D eigenvalue weighted by molar-refractivity contribution is -0.153. The first-order valence-electron chi connectivity index (χ1n) is 9.14. The second-order valence-electron chi connectivity index (χ2n) is 7.57. The molecular formula is C21H29ClO5. The van der Waals surface area contributed by atoms with Crippen molar-refractivity contribution in [1.29, 1.82) is 0 Å². The third kappa shape index (κ3) is 6.58. The lowest BCUT2D eigenvalue weighted by Crippen LogP contribution is -2.23. The van der Waals surface area contributed by atoms with E-state index in [0.717, 1.165) is 32.1 Å². The molecule has 0 saturated carbocycles. The van der Waals surface area contributed by atoms with E-state index in [1.54, 1.807) is 13.0 Å². The van der Waals surface area contributed by atoms with Crippen LogP contribution in [-0.2, 0) is 9.53 Å². The molecule has 1 aromatic carbocycles. The number of hydrogen-bond acceptors (Lipinski definition) is 5. The number of benzene rings is 1. The van der Waals surface area contributed by atoms with Crippen molar-refractivity contribution in [2.75, 3.05) is 6.61 Å². The molecule has 0 spiro atoms. The zero-order valence-electron chi connectivity index (χ0n) is 16.5. The fourth-order valence-electron chi connectivity index (χ4n) is 2.45. The van der Waals surface area contributed by atoms with Crippen molar-refractivity contribution in [2.24, 2.45) is 5.41 Å². The lowest BCUT2D eigenvalue weighted by atomic mass is 9.97. The van der Waals surface area contributed by atoms with Crippen LogP contribution in [0.5, 0.6) is 11.5 Å². The quantitative estimate of drug-likeness (QED) is 0.330. The van der Waals surface area contributed by atoms with Gasteiger partial charge in [-0.1, -0.05) is 36.6 Å². The van der Waals surface area contributed by atoms with Crippen molar-refractivity contribution in [2.45, 2.75) is 59.8 Å². The largest absolute Gasteiger partial charge is 0.506 e. The van der Waals surface area contributed by atoms with E-state index in [0.29, 0.717) is 18.5 Å². The molecule has 0 fully saturated rings. The van der Waals surface area contributed by atoms with Crippen molar-refractivity contribution in [3.05, 3.63) is 27.8 Å². The zero-order chi connectivity index (χ0) is 20.6. The Balaban J connectivity index is 2.42. The molecule has 150 valence electrons. The molecule has 0 radical (unpaired) electrons. The van der Waals surface area contributed by atoms with E-state index in [9.17, 15) is 19.8 Å². The highest BCUT2D eigenvalue weighted by Crippen LogP contribution is 2.40. The first-order chi connectivity index (χ1) is 12.6. The SMILES string of the molecule is Cc1c(Cl)c(O)c(C=CCCCCCCOC(=O)C(C)(C)C)c(O)c1C=O. The molecule has 27 heavy (non-hydrogen) atoms. The average Bonchev–Trinajstić information content (AvgIpc) is 2.60. The van der Waals surface area contributed by atoms with Gasteiger partial charge in [-0.15, -0.1) is 0 Å². The zero-order valence-corrected chi connectivity index (χ0v) is 17.2. The number of phenolic OH excluding ortho intramolecular Hbond substituents is 2. The Hall–Kier alpha value is -2.01. The van der Waals surface area contributed by atoms with Gasteiger partial charge in [-0.3, -0.25) is 9.59 Å². The van der Waals surface area contributed by atoms with Crippen LogP contribution in [0.2, 0.25) is 5.02 Å². The maximum Gasteiger partial charge on any atom is 0.311 e. The molecule has 0 heterocycles. The maximum absolute atomic E-state index is 11.6. The van der Waals surface area contributed by atoms with E-state index in [4.69, 9.17) is 16.3 Å². The minimum Gasteiger partial charge on any atom is -0.506 e. The molecule has 0 aliphatic heterocycles. The number of carbonyl (C=O) groups is 2. The van der Waals surface area contributed by atoms with Crippen molar-refractivity contribution >= 4 is 29.9 Å². The Morgan fingerprint density at radius 1 is 1.07 bits per heavy atom. The topological polar surface area (TPSA) is 83.8 Å². The standard InChI is InChI=1S/C21H29ClO5/c1-14-16(13-23)18(24)15(19(25)17(14)22)11-9-7-5-6-8-10-12-27-20(26)21(2,3)4/h9,11,13,24-25H,5-8,10,12H2,1-4H3. The van der Waals surface area contributed by atoms with E-state index in [-0.39, 0.29) is 33.6 Å². The summed E-state index contributed by atoms with van der Waals surface area (Å²) in [5, 5.41) is 20.3. The Morgan fingerprint density at radius 3 is 2.30 bits per heavy atom. The lowest BCUT2D eigenvalue weighted by Gasteiger charge is -2.16. The second kappa shape index (κ2) is 10.4. The number of phenols is 2. The van der Waals surface area contributed by atoms with Gasteiger partial charge in [0, 0.05) is 0 Å². The fraction of sp³-hybridized carbons (Fsp3) is 0.524. The van der Waals surface area contributed by atoms with Gasteiger partial charge >= 0.3 is 5.97 Å². The van der Waals surface area contributed by atoms with Gasteiger partial charge in [-0.25, -0.2) is 0 Å². The number of carbonyl (C=O) groups excluding carboxylic acids is 2. The Bertz CT molecular complexity index is 702. The summed E-state index contributed by atoms with van der Waals surface area (Å²) < 4.78 is 5.21. The summed E-state index contributed by atoms with van der Waals surface area (Å²) in [7, 11) is 0. The monoisotopic (exact) mass is 396 g/mol. The van der Waals surface area contributed by atoms with Crippen LogP contribution in [-0.4, -0.2) is 29.1 Å². The van der Waals surface area contributed by atoms with Crippen LogP contribution in [0.4, 0.5) is 0 Å². The van der Waals surface area contributed by atoms with Crippen LogP contribution in [0.25, 0.3) is 6.08 Å². The Morgan fingerprint density at radius 2 is 1.70 bits per heavy atom. The summed E-state index contributed by atoms with van der Waals surface area (Å²) >= 11 is 6.01. The predicted molar refractivity (Wildman–Crippen MR) is 107 cm³/mol. The third-order valence-corrected chi connectivity index (χ3v) is 4.68. The molecule has 6 heteroatoms. The van der Waals surface area contributed by atoms with E-state index in [1.165, 1.54) is 0 Å². The minimum atomic E-state index is -0.468. The maximum atomic E-state index is 11.6. The number of aromatic hydroxyl groups is 2. The average molecular weight is 397 g/mol. The summed E-state index contributed by atoms with van der Waals surface area (Å²) in [6, 6.07) is 0. The van der Waals surface area contributed by atoms with Crippen LogP contribution >= 0.6 is 11.6 Å². The summed E-state index contributed by atoms with van der Waals surface area (Å²) in [6.07, 6.45) is 8.36. The number of allylic oxidation sites excluding steroid dienone is 1. The molecule has 2 N–H and O–H groups in total. The summed E-state index contributed by atoms with van der Waals surface area (Å²) in [5.41, 5.74) is 0.125. The molecule has 0 aliphatic carbocycles. The highest BCUT2D eigenvalue weighted by Gasteiger charge is 2.22. The smallest absolute Gasteiger partial charge is 0.311 e. The molecule has 1 rings (SSSR count). The molecular weight excluding hydrogens is 368 g/mol. The van der Waals surface area contributed by atoms with E-state index in [2.05, 4.69) is 0 Å². The first-order valence-corrected chi connectivity index (χ1v) is 9.52. The van der Waals surface area contributed by atoms with Crippen LogP contribution in [0, 0.1) is 12.3 Å². The van der Waals surface area contributed by atoms with E-state index >= 15 is 0 Å². The van der Waals surface area contributed by atoms with Crippen molar-refractivity contribution < 1.29 is 24.5 Å². The van der Waals surface area contributed by atoms with Crippen molar-refractivity contribution in [3.63, 3.8) is 0 Å². The van der Waals surface area contributed by atoms with Crippen LogP contribution < -0.4 is 0 Å². The first kappa shape index (κ1) is 23.0. The molecule has 0 aliphatic rings. The number of unbranched alkanes of at least 4 members (excludes halogenated alkanes) is 4. The van der Waals surface area contributed by atoms with Crippen LogP contribution in [0.3, 0.4) is 0 Å². The molecule has 0 amide bonds. The van der Waals surface area contributed by atoms with Gasteiger partial charge in [0.25, 0.3) is 0 Å². The number of esters is 1. The molecule has 0 unspecified atom stereocenters. The van der Waals surface area contributed by atoms with E-state index < -0.39 is 5.41 Å². The number of ether oxygens (including phenoxy) is 1. The number of hydrogen-bond donors (Lipinski definition) is 2. The number of aldehydes is 1. The van der Waals surface area contributed by atoms with Gasteiger partial charge in [0.1, 0.15) is 11.5 Å². The summed E-state index contributed by atoms with van der Waals surface area (Å²) in [6.45, 7) is 7.49. The highest BCUT2D eigenvalue weighted by molar-refractivity contribution is 6.33. The van der Waals surface area contributed by atoms with Crippen molar-refractivity contribution in [1.82, 2.24) is 0 Å². The number of halogens is 1. The molecule has 5 nitrogen and oxygen atoms in total. The van der Waals surface area contributed by atoms with Gasteiger partial charge in [0.15, 0.2) is 6.29 Å². The van der Waals surface area contributed by atoms with Gasteiger partial charge in [-0.05, 0) is 52.5 Å². The second-order valence-corrected chi connectivity index (χ2v) is 7.95. The Labute approximate surface area is 166 Å². The van der Waals surface area contributed by atoms with Gasteiger partial charge in [0.2, 0.25) is 0 Å². The molecule has 0 atom stereocenters. The van der Waals surface area contributed by atoms with Crippen molar-refractivity contribution in [3.8, 4) is 11.5 Å². The molecule has 0 aromatic heterocycles. The number of rotatable bonds is 9.